The molecule has 1 heteroatoms. The molecule has 0 amide bonds. The van der Waals surface area contributed by atoms with Crippen LogP contribution in [0.3, 0.4) is 0 Å². The first kappa shape index (κ1) is 2.77. The summed E-state index contributed by atoms with van der Waals surface area (Å²) in [6.07, 6.45) is -2.43. The first-order valence-corrected chi connectivity index (χ1v) is 3.15. The summed E-state index contributed by atoms with van der Waals surface area (Å²) in [5.41, 5.74) is 0. The normalized spacial score (nSPS) is 72.5. The average molecular weight is 114 g/mol. The highest BCUT2D eigenvalue weighted by molar-refractivity contribution is 6.57. The van der Waals surface area contributed by atoms with Crippen LogP contribution >= 0.6 is 0 Å². The van der Waals surface area contributed by atoms with Crippen LogP contribution in [0.25, 0.3) is 0 Å². The Kier molecular flexibility index (Phi) is 0.887. The molecule has 0 saturated heterocycles. The largest absolute Gasteiger partial charge is 0.136 e. The van der Waals surface area contributed by atoms with Crippen molar-refractivity contribution in [1.82, 2.24) is 0 Å². The van der Waals surface area contributed by atoms with Gasteiger partial charge in [-0.25, -0.2) is 0 Å². The molecule has 0 N–H and O–H groups in total. The average Bonchev–Trinajstić information content (AvgIpc) is 2.16. The van der Waals surface area contributed by atoms with Crippen molar-refractivity contribution in [3.63, 3.8) is 0 Å². The quantitative estimate of drug-likeness (QED) is 0.459. The van der Waals surface area contributed by atoms with Crippen molar-refractivity contribution in [2.75, 3.05) is 0 Å². The van der Waals surface area contributed by atoms with Gasteiger partial charge in [0.15, 0.2) is 0 Å². The second-order valence-electron chi connectivity index (χ2n) is 2.59. The molecule has 1 saturated carbocycles. The topological polar surface area (TPSA) is 0 Å². The highest BCUT2D eigenvalue weighted by atomic mass is 14.1. The molecule has 0 spiro atoms. The van der Waals surface area contributed by atoms with Crippen molar-refractivity contribution in [3.8, 4) is 0 Å². The molecule has 0 heterocycles. The van der Waals surface area contributed by atoms with Crippen molar-refractivity contribution in [1.29, 1.82) is 0 Å². The van der Waals surface area contributed by atoms with E-state index < -0.39 is 25.6 Å². The molecule has 0 aromatic carbocycles. The van der Waals surface area contributed by atoms with Gasteiger partial charge >= 0.3 is 0 Å². The van der Waals surface area contributed by atoms with Crippen molar-refractivity contribution in [2.45, 2.75) is 45.1 Å². The molecule has 0 aliphatic heterocycles. The van der Waals surface area contributed by atoms with E-state index in [4.69, 9.17) is 5.48 Å². The second kappa shape index (κ2) is 2.57. The lowest BCUT2D eigenvalue weighted by molar-refractivity contribution is 0.856. The van der Waals surface area contributed by atoms with E-state index in [1.165, 1.54) is 0 Å². The van der Waals surface area contributed by atoms with Crippen LogP contribution in [0.15, 0.2) is 0 Å². The van der Waals surface area contributed by atoms with Crippen LogP contribution in [-0.2, 0) is 0 Å². The second-order valence-corrected chi connectivity index (χ2v) is 2.59. The maximum atomic E-state index is 7.66. The van der Waals surface area contributed by atoms with Crippen LogP contribution in [0.5, 0.6) is 0 Å². The fourth-order valence-electron chi connectivity index (χ4n) is 0.893. The zero-order chi connectivity index (χ0) is 9.46. The van der Waals surface area contributed by atoms with Crippen LogP contribution in [0.4, 0.5) is 0 Å². The SMILES string of the molecule is [2H]C1C([2H])C([2H])C(B(C)C)C1[2H]. The molecule has 1 fully saturated rings. The van der Waals surface area contributed by atoms with Gasteiger partial charge in [-0.05, 0) is 0 Å². The van der Waals surface area contributed by atoms with E-state index in [1.54, 1.807) is 0 Å². The number of rotatable bonds is 1. The fraction of sp³-hybridized carbons (Fsp3) is 1.00. The summed E-state index contributed by atoms with van der Waals surface area (Å²) in [5, 5.41) is 0. The third kappa shape index (κ3) is 1.27. The van der Waals surface area contributed by atoms with Gasteiger partial charge in [-0.3, -0.25) is 0 Å². The van der Waals surface area contributed by atoms with Gasteiger partial charge in [-0.2, -0.15) is 0 Å². The summed E-state index contributed by atoms with van der Waals surface area (Å²) in [6, 6.07) is 0. The summed E-state index contributed by atoms with van der Waals surface area (Å²) in [7, 11) is 0. The molecule has 1 aliphatic rings. The first-order chi connectivity index (χ1) is 5.46. The summed E-state index contributed by atoms with van der Waals surface area (Å²) >= 11 is 0. The Morgan fingerprint density at radius 2 is 1.88 bits per heavy atom. The molecule has 46 valence electrons. The predicted octanol–water partition coefficient (Wildman–Crippen LogP) is 2.69. The molecule has 4 atom stereocenters. The van der Waals surface area contributed by atoms with E-state index >= 15 is 0 Å². The van der Waals surface area contributed by atoms with Crippen LogP contribution in [-0.4, -0.2) is 6.71 Å². The highest BCUT2D eigenvalue weighted by Gasteiger charge is 2.19. The van der Waals surface area contributed by atoms with Crippen LogP contribution < -0.4 is 0 Å². The molecule has 0 bridgehead atoms. The van der Waals surface area contributed by atoms with Crippen molar-refractivity contribution >= 4 is 6.71 Å². The molecule has 8 heavy (non-hydrogen) atoms. The van der Waals surface area contributed by atoms with E-state index in [2.05, 4.69) is 0 Å². The maximum absolute atomic E-state index is 7.66. The van der Waals surface area contributed by atoms with Gasteiger partial charge in [0.25, 0.3) is 0 Å². The van der Waals surface area contributed by atoms with Crippen LogP contribution in [0, 0.1) is 0 Å². The van der Waals surface area contributed by atoms with E-state index in [0.29, 0.717) is 0 Å². The minimum Gasteiger partial charge on any atom is -0.0861 e. The molecule has 1 aliphatic carbocycles. The molecule has 1 rings (SSSR count). The molecule has 0 nitrogen and oxygen atoms in total. The summed E-state index contributed by atoms with van der Waals surface area (Å²) < 4.78 is 30.3. The van der Waals surface area contributed by atoms with Gasteiger partial charge in [0.05, 0.1) is 0 Å². The molecule has 4 unspecified atom stereocenters. The minimum atomic E-state index is -0.681. The lowest BCUT2D eigenvalue weighted by Gasteiger charge is -2.07. The summed E-state index contributed by atoms with van der Waals surface area (Å²) in [6.45, 7) is 4.19. The van der Waals surface area contributed by atoms with Gasteiger partial charge in [0, 0.05) is 5.48 Å². The Morgan fingerprint density at radius 3 is 2.12 bits per heavy atom. The monoisotopic (exact) mass is 114 g/mol. The summed E-state index contributed by atoms with van der Waals surface area (Å²) in [5.74, 6) is -0.0880. The Bertz CT molecular complexity index is 149. The molecule has 0 aromatic rings. The van der Waals surface area contributed by atoms with Gasteiger partial charge in [0.1, 0.15) is 6.71 Å². The van der Waals surface area contributed by atoms with Crippen molar-refractivity contribution < 1.29 is 5.48 Å². The first-order valence-electron chi connectivity index (χ1n) is 5.46. The maximum Gasteiger partial charge on any atom is 0.136 e. The zero-order valence-corrected chi connectivity index (χ0v) is 5.46. The van der Waals surface area contributed by atoms with Gasteiger partial charge in [-0.1, -0.05) is 45.1 Å². The smallest absolute Gasteiger partial charge is 0.0861 e. The van der Waals surface area contributed by atoms with Gasteiger partial charge in [-0.15, -0.1) is 0 Å². The Balaban J connectivity index is 2.76. The Morgan fingerprint density at radius 1 is 1.38 bits per heavy atom. The predicted molar refractivity (Wildman–Crippen MR) is 39.7 cm³/mol. The van der Waals surface area contributed by atoms with E-state index in [-0.39, 0.29) is 12.5 Å². The van der Waals surface area contributed by atoms with Crippen LogP contribution in [0.2, 0.25) is 19.5 Å². The lowest BCUT2D eigenvalue weighted by Crippen LogP contribution is -2.07. The standard InChI is InChI=1S/C7H15B/c1-8(2)7-5-3-4-6-7/h7H,3-6H2,1-2H3/i3D,4D,5D,6D. The fourth-order valence-corrected chi connectivity index (χ4v) is 0.893. The highest BCUT2D eigenvalue weighted by Crippen LogP contribution is 2.32. The van der Waals surface area contributed by atoms with E-state index in [9.17, 15) is 0 Å². The van der Waals surface area contributed by atoms with Gasteiger partial charge in [0.2, 0.25) is 0 Å². The van der Waals surface area contributed by atoms with Crippen LogP contribution in [0.1, 0.15) is 31.1 Å². The third-order valence-electron chi connectivity index (χ3n) is 1.55. The minimum absolute atomic E-state index is 0.0880. The Labute approximate surface area is 58.4 Å². The molecule has 0 radical (unpaired) electrons. The number of hydrogen-bond donors (Lipinski definition) is 0. The molecular formula is C7H15B. The van der Waals surface area contributed by atoms with E-state index in [0.717, 1.165) is 0 Å². The lowest BCUT2D eigenvalue weighted by atomic mass is 9.44. The zero-order valence-electron chi connectivity index (χ0n) is 9.46. The molecule has 0 aromatic heterocycles. The van der Waals surface area contributed by atoms with Crippen molar-refractivity contribution in [2.24, 2.45) is 0 Å². The van der Waals surface area contributed by atoms with Crippen molar-refractivity contribution in [3.05, 3.63) is 0 Å². The summed E-state index contributed by atoms with van der Waals surface area (Å²) in [4.78, 5) is 0. The third-order valence-corrected chi connectivity index (χ3v) is 1.55. The van der Waals surface area contributed by atoms with Gasteiger partial charge < -0.3 is 0 Å². The Hall–Kier alpha value is 0.0649. The van der Waals surface area contributed by atoms with E-state index in [1.807, 2.05) is 13.6 Å². The number of hydrogen-bond acceptors (Lipinski definition) is 0. The molecular weight excluding hydrogens is 94.9 g/mol.